The van der Waals surface area contributed by atoms with Crippen molar-refractivity contribution in [2.45, 2.75) is 13.0 Å². The number of carbonyl (C=O) groups excluding carboxylic acids is 1. The number of ketones is 1. The van der Waals surface area contributed by atoms with Gasteiger partial charge < -0.3 is 0 Å². The predicted octanol–water partition coefficient (Wildman–Crippen LogP) is 1.52. The molecule has 1 aromatic heterocycles. The van der Waals surface area contributed by atoms with Gasteiger partial charge >= 0.3 is 0 Å². The van der Waals surface area contributed by atoms with Crippen molar-refractivity contribution in [3.05, 3.63) is 48.0 Å². The number of benzene rings is 1. The number of nitrogens with zero attached hydrogens (tertiary/aromatic N) is 4. The monoisotopic (exact) mass is 258 g/mol. The van der Waals surface area contributed by atoms with Crippen LogP contribution in [0.4, 0.5) is 0 Å². The molecule has 0 spiro atoms. The Morgan fingerprint density at radius 2 is 2.05 bits per heavy atom. The maximum atomic E-state index is 12.0. The number of aromatic nitrogens is 3. The number of hydrogen-bond acceptors (Lipinski definition) is 4. The maximum Gasteiger partial charge on any atom is 0.164 e. The van der Waals surface area contributed by atoms with Crippen LogP contribution in [-0.2, 0) is 13.6 Å². The van der Waals surface area contributed by atoms with Gasteiger partial charge in [-0.15, -0.1) is 0 Å². The molecule has 2 aromatic rings. The molecule has 100 valence electrons. The highest BCUT2D eigenvalue weighted by Gasteiger charge is 2.09. The van der Waals surface area contributed by atoms with Crippen molar-refractivity contribution in [1.29, 1.82) is 0 Å². The Labute approximate surface area is 112 Å². The van der Waals surface area contributed by atoms with E-state index in [2.05, 4.69) is 15.0 Å². The summed E-state index contributed by atoms with van der Waals surface area (Å²) in [5.74, 6) is 1.07. The van der Waals surface area contributed by atoms with Crippen molar-refractivity contribution in [3.63, 3.8) is 0 Å². The van der Waals surface area contributed by atoms with E-state index in [4.69, 9.17) is 0 Å². The van der Waals surface area contributed by atoms with Crippen molar-refractivity contribution in [1.82, 2.24) is 19.7 Å². The van der Waals surface area contributed by atoms with Crippen LogP contribution in [0.2, 0.25) is 0 Å². The Hall–Kier alpha value is -2.01. The van der Waals surface area contributed by atoms with Gasteiger partial charge in [0.2, 0.25) is 0 Å². The van der Waals surface area contributed by atoms with Gasteiger partial charge in [0.05, 0.1) is 6.54 Å². The number of aryl methyl sites for hydroxylation is 1. The molecule has 0 bridgehead atoms. The van der Waals surface area contributed by atoms with Crippen LogP contribution in [0.3, 0.4) is 0 Å². The summed E-state index contributed by atoms with van der Waals surface area (Å²) >= 11 is 0. The molecule has 0 radical (unpaired) electrons. The molecule has 0 fully saturated rings. The van der Waals surface area contributed by atoms with Gasteiger partial charge in [0.1, 0.15) is 12.2 Å². The third-order valence-electron chi connectivity index (χ3n) is 3.03. The quantitative estimate of drug-likeness (QED) is 0.737. The van der Waals surface area contributed by atoms with Gasteiger partial charge in [-0.2, -0.15) is 5.10 Å². The minimum Gasteiger partial charge on any atom is -0.299 e. The predicted molar refractivity (Wildman–Crippen MR) is 72.7 cm³/mol. The summed E-state index contributed by atoms with van der Waals surface area (Å²) in [6.07, 6.45) is 2.05. The molecule has 0 N–H and O–H groups in total. The molecule has 0 unspecified atom stereocenters. The zero-order chi connectivity index (χ0) is 13.7. The van der Waals surface area contributed by atoms with Crippen LogP contribution in [0, 0.1) is 0 Å². The first-order valence-electron chi connectivity index (χ1n) is 6.26. The van der Waals surface area contributed by atoms with Crippen molar-refractivity contribution < 1.29 is 4.79 Å². The molecule has 0 aliphatic carbocycles. The second-order valence-corrected chi connectivity index (χ2v) is 4.58. The van der Waals surface area contributed by atoms with Crippen molar-refractivity contribution in [2.75, 3.05) is 13.6 Å². The number of carbonyl (C=O) groups is 1. The van der Waals surface area contributed by atoms with E-state index >= 15 is 0 Å². The molecule has 19 heavy (non-hydrogen) atoms. The summed E-state index contributed by atoms with van der Waals surface area (Å²) in [7, 11) is 3.85. The van der Waals surface area contributed by atoms with E-state index in [1.807, 2.05) is 44.4 Å². The average molecular weight is 258 g/mol. The molecule has 1 heterocycles. The van der Waals surface area contributed by atoms with Crippen LogP contribution < -0.4 is 0 Å². The number of Topliss-reactive ketones (excluding diaryl/α,β-unsaturated/α-hetero) is 1. The lowest BCUT2D eigenvalue weighted by atomic mass is 10.1. The van der Waals surface area contributed by atoms with Crippen LogP contribution >= 0.6 is 0 Å². The van der Waals surface area contributed by atoms with Crippen molar-refractivity contribution >= 4 is 5.78 Å². The minimum atomic E-state index is 0.172. The van der Waals surface area contributed by atoms with E-state index in [0.717, 1.165) is 11.4 Å². The summed E-state index contributed by atoms with van der Waals surface area (Å²) in [5.41, 5.74) is 0.773. The molecule has 0 amide bonds. The summed E-state index contributed by atoms with van der Waals surface area (Å²) in [6.45, 7) is 1.40. The Bertz CT molecular complexity index is 535. The summed E-state index contributed by atoms with van der Waals surface area (Å²) in [4.78, 5) is 18.2. The van der Waals surface area contributed by atoms with Gasteiger partial charge in [0.15, 0.2) is 5.78 Å². The Kier molecular flexibility index (Phi) is 4.41. The summed E-state index contributed by atoms with van der Waals surface area (Å²) in [6, 6.07) is 9.39. The van der Waals surface area contributed by atoms with Gasteiger partial charge in [-0.05, 0) is 7.05 Å². The van der Waals surface area contributed by atoms with E-state index in [1.54, 1.807) is 4.68 Å². The van der Waals surface area contributed by atoms with Crippen molar-refractivity contribution in [3.8, 4) is 0 Å². The summed E-state index contributed by atoms with van der Waals surface area (Å²) < 4.78 is 1.75. The molecule has 0 atom stereocenters. The van der Waals surface area contributed by atoms with Crippen LogP contribution in [-0.4, -0.2) is 39.0 Å². The molecule has 0 saturated heterocycles. The Morgan fingerprint density at radius 1 is 1.32 bits per heavy atom. The van der Waals surface area contributed by atoms with E-state index in [1.165, 1.54) is 6.33 Å². The minimum absolute atomic E-state index is 0.172. The highest BCUT2D eigenvalue weighted by Crippen LogP contribution is 2.05. The first-order chi connectivity index (χ1) is 9.16. The maximum absolute atomic E-state index is 12.0. The molecule has 5 nitrogen and oxygen atoms in total. The lowest BCUT2D eigenvalue weighted by Gasteiger charge is -2.15. The number of rotatable bonds is 6. The van der Waals surface area contributed by atoms with Crippen LogP contribution in [0.25, 0.3) is 0 Å². The molecule has 0 saturated carbocycles. The van der Waals surface area contributed by atoms with Gasteiger partial charge in [-0.1, -0.05) is 30.3 Å². The average Bonchev–Trinajstić information content (AvgIpc) is 2.82. The van der Waals surface area contributed by atoms with Crippen molar-refractivity contribution in [2.24, 2.45) is 7.05 Å². The third kappa shape index (κ3) is 3.72. The highest BCUT2D eigenvalue weighted by molar-refractivity contribution is 5.96. The SMILES string of the molecule is CN(CCC(=O)c1ccccc1)Cc1ncnn1C. The first-order valence-corrected chi connectivity index (χ1v) is 6.26. The topological polar surface area (TPSA) is 51.0 Å². The second kappa shape index (κ2) is 6.24. The van der Waals surface area contributed by atoms with Crippen LogP contribution in [0.15, 0.2) is 36.7 Å². The molecular weight excluding hydrogens is 240 g/mol. The fourth-order valence-electron chi connectivity index (χ4n) is 1.84. The van der Waals surface area contributed by atoms with E-state index in [-0.39, 0.29) is 5.78 Å². The largest absolute Gasteiger partial charge is 0.299 e. The van der Waals surface area contributed by atoms with E-state index in [9.17, 15) is 4.79 Å². The lowest BCUT2D eigenvalue weighted by Crippen LogP contribution is -2.23. The zero-order valence-electron chi connectivity index (χ0n) is 11.3. The first kappa shape index (κ1) is 13.4. The van der Waals surface area contributed by atoms with Gasteiger partial charge in [-0.25, -0.2) is 4.98 Å². The summed E-state index contributed by atoms with van der Waals surface area (Å²) in [5, 5.41) is 4.02. The molecule has 0 aliphatic rings. The Morgan fingerprint density at radius 3 is 2.68 bits per heavy atom. The fraction of sp³-hybridized carbons (Fsp3) is 0.357. The van der Waals surface area contributed by atoms with Gasteiger partial charge in [-0.3, -0.25) is 14.4 Å². The standard InChI is InChI=1S/C14H18N4O/c1-17(10-14-15-11-16-18(14)2)9-8-13(19)12-6-4-3-5-7-12/h3-7,11H,8-10H2,1-2H3. The van der Waals surface area contributed by atoms with Crippen LogP contribution in [0.1, 0.15) is 22.6 Å². The molecular formula is C14H18N4O. The van der Waals surface area contributed by atoms with E-state index < -0.39 is 0 Å². The smallest absolute Gasteiger partial charge is 0.164 e. The lowest BCUT2D eigenvalue weighted by molar-refractivity contribution is 0.0967. The fourth-order valence-corrected chi connectivity index (χ4v) is 1.84. The van der Waals surface area contributed by atoms with Crippen LogP contribution in [0.5, 0.6) is 0 Å². The van der Waals surface area contributed by atoms with Gasteiger partial charge in [0, 0.05) is 25.6 Å². The third-order valence-corrected chi connectivity index (χ3v) is 3.03. The van der Waals surface area contributed by atoms with E-state index in [0.29, 0.717) is 19.5 Å². The molecule has 5 heteroatoms. The Balaban J connectivity index is 1.82. The molecule has 2 rings (SSSR count). The molecule has 1 aromatic carbocycles. The normalized spacial score (nSPS) is 10.9. The highest BCUT2D eigenvalue weighted by atomic mass is 16.1. The second-order valence-electron chi connectivity index (χ2n) is 4.58. The van der Waals surface area contributed by atoms with Gasteiger partial charge in [0.25, 0.3) is 0 Å². The molecule has 0 aliphatic heterocycles. The zero-order valence-corrected chi connectivity index (χ0v) is 11.3. The number of hydrogen-bond donors (Lipinski definition) is 0.